The van der Waals surface area contributed by atoms with E-state index in [1.165, 1.54) is 6.07 Å². The number of amides is 3. The molecule has 0 spiro atoms. The number of hydroxylamine groups is 2. The minimum absolute atomic E-state index is 0.166. The monoisotopic (exact) mass is 513 g/mol. The highest BCUT2D eigenvalue weighted by Crippen LogP contribution is 2.13. The van der Waals surface area contributed by atoms with Crippen LogP contribution in [0.5, 0.6) is 0 Å². The van der Waals surface area contributed by atoms with Crippen molar-refractivity contribution in [2.24, 2.45) is 0 Å². The van der Waals surface area contributed by atoms with Crippen molar-refractivity contribution in [2.75, 3.05) is 39.5 Å². The summed E-state index contributed by atoms with van der Waals surface area (Å²) in [5.41, 5.74) is 5.47. The summed E-state index contributed by atoms with van der Waals surface area (Å²) < 4.78 is 4.87. The number of aliphatic hydroxyl groups is 3. The van der Waals surface area contributed by atoms with Crippen molar-refractivity contribution in [1.82, 2.24) is 15.9 Å². The van der Waals surface area contributed by atoms with Crippen LogP contribution in [0.2, 0.25) is 0 Å². The number of aryl methyl sites for hydroxylation is 1. The molecule has 0 saturated heterocycles. The number of hydrogen-bond acceptors (Lipinski definition) is 9. The maximum atomic E-state index is 12.9. The minimum atomic E-state index is -1.68. The molecule has 0 radical (unpaired) electrons. The molecule has 1 rings (SSSR count). The third-order valence-corrected chi connectivity index (χ3v) is 4.95. The fraction of sp³-hybridized carbons (Fsp3) is 0.625. The molecule has 12 nitrogen and oxygen atoms in total. The molecule has 5 N–H and O–H groups in total. The molecule has 3 atom stereocenters. The Morgan fingerprint density at radius 1 is 0.889 bits per heavy atom. The van der Waals surface area contributed by atoms with Crippen LogP contribution in [0, 0.1) is 6.92 Å². The van der Waals surface area contributed by atoms with Gasteiger partial charge in [0.25, 0.3) is 17.7 Å². The average molecular weight is 514 g/mol. The number of nitrogens with zero attached hydrogens (tertiary/aromatic N) is 1. The number of benzene rings is 1. The van der Waals surface area contributed by atoms with E-state index in [0.717, 1.165) is 12.8 Å². The molecule has 36 heavy (non-hydrogen) atoms. The van der Waals surface area contributed by atoms with Crippen molar-refractivity contribution in [2.45, 2.75) is 58.8 Å². The third-order valence-electron chi connectivity index (χ3n) is 4.95. The molecule has 3 amide bonds. The molecule has 1 aromatic rings. The van der Waals surface area contributed by atoms with Gasteiger partial charge in [0.05, 0.1) is 0 Å². The quantitative estimate of drug-likeness (QED) is 0.181. The second kappa shape index (κ2) is 17.0. The van der Waals surface area contributed by atoms with Gasteiger partial charge >= 0.3 is 0 Å². The van der Waals surface area contributed by atoms with Crippen LogP contribution in [0.1, 0.15) is 59.9 Å². The summed E-state index contributed by atoms with van der Waals surface area (Å²) in [7, 11) is 0. The van der Waals surface area contributed by atoms with Crippen LogP contribution < -0.4 is 11.0 Å². The minimum Gasteiger partial charge on any atom is -0.388 e. The van der Waals surface area contributed by atoms with E-state index >= 15 is 0 Å². The van der Waals surface area contributed by atoms with Gasteiger partial charge in [-0.05, 0) is 50.5 Å². The second-order valence-electron chi connectivity index (χ2n) is 8.22. The maximum Gasteiger partial charge on any atom is 0.274 e. The molecule has 204 valence electrons. The average Bonchev–Trinajstić information content (AvgIpc) is 2.85. The summed E-state index contributed by atoms with van der Waals surface area (Å²) in [5.74, 6) is -1.39. The zero-order chi connectivity index (χ0) is 27.1. The van der Waals surface area contributed by atoms with Gasteiger partial charge in [-0.15, -0.1) is 0 Å². The normalized spacial score (nSPS) is 13.5. The summed E-state index contributed by atoms with van der Waals surface area (Å²) in [6, 6.07) is 4.77. The van der Waals surface area contributed by atoms with Gasteiger partial charge in [-0.25, -0.2) is 11.0 Å². The highest BCUT2D eigenvalue weighted by Gasteiger charge is 2.26. The molecule has 0 aliphatic rings. The highest BCUT2D eigenvalue weighted by atomic mass is 16.7. The van der Waals surface area contributed by atoms with Crippen LogP contribution in [0.4, 0.5) is 0 Å². The van der Waals surface area contributed by atoms with E-state index in [2.05, 4.69) is 5.48 Å². The van der Waals surface area contributed by atoms with E-state index in [9.17, 15) is 29.7 Å². The largest absolute Gasteiger partial charge is 0.388 e. The lowest BCUT2D eigenvalue weighted by Crippen LogP contribution is -2.45. The summed E-state index contributed by atoms with van der Waals surface area (Å²) in [5, 5.41) is 29.9. The third kappa shape index (κ3) is 11.0. The Kier molecular flexibility index (Phi) is 14.8. The van der Waals surface area contributed by atoms with Gasteiger partial charge in [0.1, 0.15) is 38.1 Å². The van der Waals surface area contributed by atoms with Gasteiger partial charge in [0, 0.05) is 30.8 Å². The molecule has 0 bridgehead atoms. The zero-order valence-corrected chi connectivity index (χ0v) is 21.4. The first-order valence-electron chi connectivity index (χ1n) is 12.0. The van der Waals surface area contributed by atoms with Crippen molar-refractivity contribution < 1.29 is 44.1 Å². The Hall–Kier alpha value is -2.61. The smallest absolute Gasteiger partial charge is 0.274 e. The number of carbonyl (C=O) groups is 3. The molecule has 0 aliphatic heterocycles. The molecule has 0 aliphatic carbocycles. The van der Waals surface area contributed by atoms with E-state index in [1.807, 2.05) is 19.3 Å². The lowest BCUT2D eigenvalue weighted by molar-refractivity contribution is -0.149. The number of aliphatic hydroxyl groups excluding tert-OH is 3. The van der Waals surface area contributed by atoms with Crippen LogP contribution in [0.15, 0.2) is 18.2 Å². The molecule has 1 unspecified atom stereocenters. The van der Waals surface area contributed by atoms with Crippen molar-refractivity contribution in [1.29, 1.82) is 0 Å². The van der Waals surface area contributed by atoms with Gasteiger partial charge in [0.15, 0.2) is 0 Å². The fourth-order valence-electron chi connectivity index (χ4n) is 3.21. The molecule has 12 heteroatoms. The zero-order valence-electron chi connectivity index (χ0n) is 21.4. The first-order chi connectivity index (χ1) is 17.1. The SMILES string of the molecule is CCCN(CCC)C(=O)c1cc(C)cc(C(=O)NOC[C@H](O)[C@H](O)C(O)CONC(=O)COCC)c1. The van der Waals surface area contributed by atoms with Gasteiger partial charge in [-0.3, -0.25) is 24.1 Å². The Morgan fingerprint density at radius 2 is 1.44 bits per heavy atom. The molecule has 0 fully saturated rings. The van der Waals surface area contributed by atoms with Crippen molar-refractivity contribution >= 4 is 17.7 Å². The van der Waals surface area contributed by atoms with E-state index in [4.69, 9.17) is 14.4 Å². The van der Waals surface area contributed by atoms with Gasteiger partial charge < -0.3 is 25.0 Å². The topological polar surface area (TPSA) is 167 Å². The first-order valence-corrected chi connectivity index (χ1v) is 12.0. The first kappa shape index (κ1) is 31.4. The molecule has 0 aromatic heterocycles. The summed E-state index contributed by atoms with van der Waals surface area (Å²) in [4.78, 5) is 48.3. The standard InChI is InChI=1S/C24H39N3O9/c1-5-8-27(9-6-2)24(33)18-11-16(4)10-17(12-18)23(32)26-36-14-20(29)22(31)19(28)13-35-25-21(30)15-34-7-3/h10-12,19-20,22,28-29,31H,5-9,13-15H2,1-4H3,(H,25,30)(H,26,32)/t19?,20-,22+/m0/s1. The predicted molar refractivity (Wildman–Crippen MR) is 130 cm³/mol. The number of ether oxygens (including phenoxy) is 1. The van der Waals surface area contributed by atoms with Crippen LogP contribution in [0.3, 0.4) is 0 Å². The molecular weight excluding hydrogens is 474 g/mol. The van der Waals surface area contributed by atoms with Crippen LogP contribution in [0.25, 0.3) is 0 Å². The Balaban J connectivity index is 2.58. The van der Waals surface area contributed by atoms with Gasteiger partial charge in [0.2, 0.25) is 0 Å². The lowest BCUT2D eigenvalue weighted by atomic mass is 10.0. The Bertz CT molecular complexity index is 831. The second-order valence-corrected chi connectivity index (χ2v) is 8.22. The molecule has 1 aromatic carbocycles. The number of carbonyl (C=O) groups excluding carboxylic acids is 3. The van der Waals surface area contributed by atoms with E-state index in [1.54, 1.807) is 30.9 Å². The number of nitrogens with one attached hydrogen (secondary N) is 2. The van der Waals surface area contributed by atoms with Crippen LogP contribution in [-0.4, -0.2) is 95.8 Å². The van der Waals surface area contributed by atoms with Gasteiger partial charge in [-0.2, -0.15) is 0 Å². The van der Waals surface area contributed by atoms with E-state index in [-0.39, 0.29) is 18.1 Å². The Labute approximate surface area is 211 Å². The Morgan fingerprint density at radius 3 is 2.00 bits per heavy atom. The summed E-state index contributed by atoms with van der Waals surface area (Å²) in [6.07, 6.45) is -3.18. The summed E-state index contributed by atoms with van der Waals surface area (Å²) >= 11 is 0. The van der Waals surface area contributed by atoms with E-state index < -0.39 is 43.3 Å². The molecule has 0 saturated carbocycles. The van der Waals surface area contributed by atoms with Crippen molar-refractivity contribution in [3.05, 3.63) is 34.9 Å². The highest BCUT2D eigenvalue weighted by molar-refractivity contribution is 5.99. The fourth-order valence-corrected chi connectivity index (χ4v) is 3.21. The molecule has 0 heterocycles. The van der Waals surface area contributed by atoms with Crippen LogP contribution in [-0.2, 0) is 19.2 Å². The number of rotatable bonds is 17. The van der Waals surface area contributed by atoms with Gasteiger partial charge in [-0.1, -0.05) is 13.8 Å². The predicted octanol–water partition coefficient (Wildman–Crippen LogP) is 0.0856. The lowest BCUT2D eigenvalue weighted by Gasteiger charge is -2.23. The van der Waals surface area contributed by atoms with E-state index in [0.29, 0.717) is 30.8 Å². The molecular formula is C24H39N3O9. The van der Waals surface area contributed by atoms with Crippen LogP contribution >= 0.6 is 0 Å². The van der Waals surface area contributed by atoms with Crippen molar-refractivity contribution in [3.8, 4) is 0 Å². The maximum absolute atomic E-state index is 12.9. The number of hydrogen-bond donors (Lipinski definition) is 5. The van der Waals surface area contributed by atoms with Crippen molar-refractivity contribution in [3.63, 3.8) is 0 Å². The summed E-state index contributed by atoms with van der Waals surface area (Å²) in [6.45, 7) is 7.76.